The summed E-state index contributed by atoms with van der Waals surface area (Å²) in [5, 5.41) is 0. The van der Waals surface area contributed by atoms with Gasteiger partial charge in [0.2, 0.25) is 5.91 Å². The third-order valence-corrected chi connectivity index (χ3v) is 3.57. The van der Waals surface area contributed by atoms with Gasteiger partial charge in [-0.3, -0.25) is 9.69 Å². The molecule has 1 aliphatic heterocycles. The summed E-state index contributed by atoms with van der Waals surface area (Å²) in [5.41, 5.74) is 5.75. The Morgan fingerprint density at radius 1 is 1.53 bits per heavy atom. The summed E-state index contributed by atoms with van der Waals surface area (Å²) in [6, 6.07) is 0.412. The van der Waals surface area contributed by atoms with Crippen molar-refractivity contribution < 1.29 is 4.79 Å². The number of rotatable bonds is 5. The third-order valence-electron chi connectivity index (χ3n) is 3.57. The highest BCUT2D eigenvalue weighted by molar-refractivity contribution is 5.78. The van der Waals surface area contributed by atoms with Crippen molar-refractivity contribution in [2.45, 2.75) is 25.3 Å². The number of amides is 1. The van der Waals surface area contributed by atoms with E-state index in [9.17, 15) is 4.79 Å². The Hall–Kier alpha value is -0.610. The maximum absolute atomic E-state index is 11.7. The quantitative estimate of drug-likeness (QED) is 0.690. The van der Waals surface area contributed by atoms with Gasteiger partial charge < -0.3 is 10.6 Å². The molecule has 0 radical (unpaired) electrons. The van der Waals surface area contributed by atoms with E-state index >= 15 is 0 Å². The van der Waals surface area contributed by atoms with E-state index in [4.69, 9.17) is 5.73 Å². The van der Waals surface area contributed by atoms with E-state index in [0.29, 0.717) is 19.1 Å². The Bertz CT molecular complexity index is 236. The maximum atomic E-state index is 11.7. The average Bonchev–Trinajstić information content (AvgIpc) is 2.85. The highest BCUT2D eigenvalue weighted by Crippen LogP contribution is 2.34. The molecule has 0 aromatic heterocycles. The number of nitrogens with zero attached hydrogens (tertiary/aromatic N) is 2. The molecule has 0 aromatic carbocycles. The van der Waals surface area contributed by atoms with E-state index in [0.717, 1.165) is 19.0 Å². The molecule has 1 aliphatic carbocycles. The highest BCUT2D eigenvalue weighted by atomic mass is 16.2. The van der Waals surface area contributed by atoms with Crippen LogP contribution >= 0.6 is 0 Å². The highest BCUT2D eigenvalue weighted by Gasteiger charge is 2.34. The lowest BCUT2D eigenvalue weighted by molar-refractivity contribution is -0.136. The molecule has 2 fully saturated rings. The van der Waals surface area contributed by atoms with Crippen LogP contribution in [0.15, 0.2) is 0 Å². The summed E-state index contributed by atoms with van der Waals surface area (Å²) in [4.78, 5) is 15.8. The summed E-state index contributed by atoms with van der Waals surface area (Å²) in [5.74, 6) is 1.01. The van der Waals surface area contributed by atoms with Gasteiger partial charge in [0, 0.05) is 25.7 Å². The van der Waals surface area contributed by atoms with E-state index in [1.807, 2.05) is 11.9 Å². The standard InChI is InChI=1S/C11H21N3O/c1-13(10(7-12)9-3-4-9)8-11(15)14-5-2-6-14/h9-10H,2-8,12H2,1H3. The van der Waals surface area contributed by atoms with Gasteiger partial charge in [-0.05, 0) is 32.2 Å². The van der Waals surface area contributed by atoms with Gasteiger partial charge in [0.15, 0.2) is 0 Å². The molecule has 1 saturated carbocycles. The molecule has 4 nitrogen and oxygen atoms in total. The van der Waals surface area contributed by atoms with Crippen LogP contribution in [0.25, 0.3) is 0 Å². The van der Waals surface area contributed by atoms with E-state index in [2.05, 4.69) is 4.90 Å². The molecule has 1 heterocycles. The van der Waals surface area contributed by atoms with Gasteiger partial charge in [0.1, 0.15) is 0 Å². The fraction of sp³-hybridized carbons (Fsp3) is 0.909. The Labute approximate surface area is 91.4 Å². The minimum atomic E-state index is 0.267. The van der Waals surface area contributed by atoms with Gasteiger partial charge in [-0.15, -0.1) is 0 Å². The number of carbonyl (C=O) groups excluding carboxylic acids is 1. The fourth-order valence-electron chi connectivity index (χ4n) is 2.21. The molecule has 2 N–H and O–H groups in total. The summed E-state index contributed by atoms with van der Waals surface area (Å²) in [7, 11) is 2.02. The van der Waals surface area contributed by atoms with Gasteiger partial charge in [-0.25, -0.2) is 0 Å². The zero-order valence-electron chi connectivity index (χ0n) is 9.48. The number of likely N-dealkylation sites (N-methyl/N-ethyl adjacent to an activating group) is 1. The van der Waals surface area contributed by atoms with Crippen LogP contribution in [-0.2, 0) is 4.79 Å². The molecule has 0 spiro atoms. The van der Waals surface area contributed by atoms with Gasteiger partial charge in [0.05, 0.1) is 6.54 Å². The molecular formula is C11H21N3O. The second-order valence-electron chi connectivity index (χ2n) is 4.79. The Morgan fingerprint density at radius 2 is 2.20 bits per heavy atom. The van der Waals surface area contributed by atoms with Crippen molar-refractivity contribution in [2.24, 2.45) is 11.7 Å². The predicted molar refractivity (Wildman–Crippen MR) is 59.4 cm³/mol. The molecule has 4 heteroatoms. The lowest BCUT2D eigenvalue weighted by Crippen LogP contribution is -2.50. The summed E-state index contributed by atoms with van der Waals surface area (Å²) in [6.07, 6.45) is 3.73. The van der Waals surface area contributed by atoms with Crippen molar-refractivity contribution in [2.75, 3.05) is 33.2 Å². The molecular weight excluding hydrogens is 190 g/mol. The molecule has 2 rings (SSSR count). The molecule has 2 aliphatic rings. The van der Waals surface area contributed by atoms with Crippen LogP contribution in [0.2, 0.25) is 0 Å². The maximum Gasteiger partial charge on any atom is 0.236 e. The van der Waals surface area contributed by atoms with Gasteiger partial charge in [0.25, 0.3) is 0 Å². The summed E-state index contributed by atoms with van der Waals surface area (Å²) >= 11 is 0. The topological polar surface area (TPSA) is 49.6 Å². The normalized spacial score (nSPS) is 22.7. The number of carbonyl (C=O) groups is 1. The zero-order valence-corrected chi connectivity index (χ0v) is 9.48. The molecule has 15 heavy (non-hydrogen) atoms. The first kappa shape index (κ1) is 10.9. The third kappa shape index (κ3) is 2.49. The molecule has 1 amide bonds. The van der Waals surface area contributed by atoms with Crippen molar-refractivity contribution in [3.63, 3.8) is 0 Å². The lowest BCUT2D eigenvalue weighted by Gasteiger charge is -2.34. The summed E-state index contributed by atoms with van der Waals surface area (Å²) < 4.78 is 0. The molecule has 1 saturated heterocycles. The Balaban J connectivity index is 1.78. The van der Waals surface area contributed by atoms with Gasteiger partial charge in [-0.2, -0.15) is 0 Å². The van der Waals surface area contributed by atoms with Crippen molar-refractivity contribution in [1.29, 1.82) is 0 Å². The second kappa shape index (κ2) is 4.49. The fourth-order valence-corrected chi connectivity index (χ4v) is 2.21. The van der Waals surface area contributed by atoms with Crippen LogP contribution in [0.5, 0.6) is 0 Å². The van der Waals surface area contributed by atoms with E-state index in [1.165, 1.54) is 19.3 Å². The molecule has 86 valence electrons. The van der Waals surface area contributed by atoms with Crippen LogP contribution in [0, 0.1) is 5.92 Å². The number of hydrogen-bond acceptors (Lipinski definition) is 3. The SMILES string of the molecule is CN(CC(=O)N1CCC1)C(CN)C1CC1. The molecule has 0 aromatic rings. The van der Waals surface area contributed by atoms with Gasteiger partial charge in [-0.1, -0.05) is 0 Å². The van der Waals surface area contributed by atoms with Crippen molar-refractivity contribution in [3.05, 3.63) is 0 Å². The van der Waals surface area contributed by atoms with Crippen LogP contribution in [0.4, 0.5) is 0 Å². The average molecular weight is 211 g/mol. The minimum Gasteiger partial charge on any atom is -0.341 e. The number of likely N-dealkylation sites (tertiary alicyclic amines) is 1. The van der Waals surface area contributed by atoms with E-state index in [-0.39, 0.29) is 5.91 Å². The van der Waals surface area contributed by atoms with Crippen LogP contribution in [-0.4, -0.2) is 55.0 Å². The first-order chi connectivity index (χ1) is 7.22. The summed E-state index contributed by atoms with van der Waals surface area (Å²) in [6.45, 7) is 3.11. The first-order valence-corrected chi connectivity index (χ1v) is 5.90. The van der Waals surface area contributed by atoms with Crippen LogP contribution < -0.4 is 5.73 Å². The monoisotopic (exact) mass is 211 g/mol. The van der Waals surface area contributed by atoms with Crippen molar-refractivity contribution in [1.82, 2.24) is 9.80 Å². The van der Waals surface area contributed by atoms with Crippen LogP contribution in [0.1, 0.15) is 19.3 Å². The van der Waals surface area contributed by atoms with Gasteiger partial charge >= 0.3 is 0 Å². The smallest absolute Gasteiger partial charge is 0.236 e. The first-order valence-electron chi connectivity index (χ1n) is 5.90. The Kier molecular flexibility index (Phi) is 3.26. The minimum absolute atomic E-state index is 0.267. The second-order valence-corrected chi connectivity index (χ2v) is 4.79. The molecule has 1 atom stereocenters. The molecule has 0 bridgehead atoms. The number of hydrogen-bond donors (Lipinski definition) is 1. The van der Waals surface area contributed by atoms with E-state index in [1.54, 1.807) is 0 Å². The van der Waals surface area contributed by atoms with Crippen LogP contribution in [0.3, 0.4) is 0 Å². The zero-order chi connectivity index (χ0) is 10.8. The van der Waals surface area contributed by atoms with Crippen molar-refractivity contribution >= 4 is 5.91 Å². The lowest BCUT2D eigenvalue weighted by atomic mass is 10.1. The number of nitrogens with two attached hydrogens (primary N) is 1. The largest absolute Gasteiger partial charge is 0.341 e. The van der Waals surface area contributed by atoms with Crippen molar-refractivity contribution in [3.8, 4) is 0 Å². The predicted octanol–water partition coefficient (Wildman–Crippen LogP) is -0.112. The Morgan fingerprint density at radius 3 is 2.60 bits per heavy atom. The van der Waals surface area contributed by atoms with E-state index < -0.39 is 0 Å². The molecule has 1 unspecified atom stereocenters.